The predicted molar refractivity (Wildman–Crippen MR) is 442 cm³/mol. The van der Waals surface area contributed by atoms with E-state index in [9.17, 15) is 43.2 Å². The molecule has 0 aromatic carbocycles. The number of esters is 4. The van der Waals surface area contributed by atoms with Gasteiger partial charge < -0.3 is 33.8 Å². The Morgan fingerprint density at radius 2 is 0.374 bits per heavy atom. The van der Waals surface area contributed by atoms with Crippen molar-refractivity contribution in [2.75, 3.05) is 39.6 Å². The van der Waals surface area contributed by atoms with Crippen LogP contribution in [0.2, 0.25) is 0 Å². The lowest BCUT2D eigenvalue weighted by atomic mass is 10.0. The minimum atomic E-state index is -4.97. The minimum absolute atomic E-state index is 0.109. The molecule has 0 aliphatic rings. The summed E-state index contributed by atoms with van der Waals surface area (Å²) in [5.41, 5.74) is 0. The zero-order valence-electron chi connectivity index (χ0n) is 70.1. The number of carbonyl (C=O) groups is 4. The van der Waals surface area contributed by atoms with Gasteiger partial charge in [-0.15, -0.1) is 0 Å². The summed E-state index contributed by atoms with van der Waals surface area (Å²) >= 11 is 0. The predicted octanol–water partition coefficient (Wildman–Crippen LogP) is 27.3. The number of rotatable bonds is 89. The molecule has 2 unspecified atom stereocenters. The van der Waals surface area contributed by atoms with Crippen LogP contribution in [0, 0.1) is 0 Å². The van der Waals surface area contributed by atoms with Crippen molar-refractivity contribution in [2.24, 2.45) is 0 Å². The van der Waals surface area contributed by atoms with E-state index < -0.39 is 97.5 Å². The fourth-order valence-corrected chi connectivity index (χ4v) is 15.5. The maximum absolute atomic E-state index is 13.2. The molecule has 0 spiro atoms. The number of hydrogen-bond acceptors (Lipinski definition) is 15. The van der Waals surface area contributed by atoms with E-state index in [1.165, 1.54) is 315 Å². The van der Waals surface area contributed by atoms with Crippen LogP contribution in [0.4, 0.5) is 0 Å². The summed E-state index contributed by atoms with van der Waals surface area (Å²) in [6.45, 7) is 5.06. The van der Waals surface area contributed by atoms with Crippen molar-refractivity contribution in [1.29, 1.82) is 0 Å². The Labute approximate surface area is 658 Å². The lowest BCUT2D eigenvalue weighted by Gasteiger charge is -2.21. The van der Waals surface area contributed by atoms with E-state index >= 15 is 0 Å². The standard InChI is InChI=1S/C88H172O17P2/c1-5-9-13-17-21-25-29-32-34-36-38-40-42-44-46-48-51-55-59-63-67-71-75-88(93)105-84(79-99-86(91)73-69-65-61-57-53-50-47-45-43-41-39-37-35-33-30-26-22-18-14-10-6-2)81-103-107(96,97)101-77-82(89)76-100-106(94,95)102-80-83(78-98-85(90)72-68-64-60-56-52-28-24-20-16-12-8-4)104-87(92)74-70-66-62-58-54-49-31-27-23-19-15-11-7-3/h82-84,89H,5-81H2,1-4H3,(H,94,95)(H,96,97)/t82-,83+,84+/m0/s1. The van der Waals surface area contributed by atoms with Gasteiger partial charge in [0.1, 0.15) is 19.3 Å². The molecule has 0 aromatic rings. The molecule has 0 rings (SSSR count). The first-order valence-electron chi connectivity index (χ1n) is 45.8. The normalized spacial score (nSPS) is 13.7. The molecule has 19 heteroatoms. The Morgan fingerprint density at radius 1 is 0.224 bits per heavy atom. The zero-order chi connectivity index (χ0) is 78.1. The number of phosphoric acid groups is 2. The Morgan fingerprint density at radius 3 is 0.551 bits per heavy atom. The van der Waals surface area contributed by atoms with Crippen LogP contribution in [0.15, 0.2) is 0 Å². The van der Waals surface area contributed by atoms with Crippen molar-refractivity contribution in [2.45, 2.75) is 502 Å². The Kier molecular flexibility index (Phi) is 80.6. The van der Waals surface area contributed by atoms with Crippen LogP contribution >= 0.6 is 15.6 Å². The quantitative estimate of drug-likeness (QED) is 0.0222. The summed E-state index contributed by atoms with van der Waals surface area (Å²) in [4.78, 5) is 73.2. The first-order valence-corrected chi connectivity index (χ1v) is 48.8. The molecule has 5 atom stereocenters. The lowest BCUT2D eigenvalue weighted by molar-refractivity contribution is -0.161. The fourth-order valence-electron chi connectivity index (χ4n) is 13.9. The summed E-state index contributed by atoms with van der Waals surface area (Å²) in [6, 6.07) is 0. The third-order valence-corrected chi connectivity index (χ3v) is 22.8. The van der Waals surface area contributed by atoms with Crippen molar-refractivity contribution in [1.82, 2.24) is 0 Å². The Bertz CT molecular complexity index is 2020. The monoisotopic (exact) mass is 1560 g/mol. The van der Waals surface area contributed by atoms with Crippen LogP contribution in [0.3, 0.4) is 0 Å². The molecule has 0 aromatic heterocycles. The molecular weight excluding hydrogens is 1390 g/mol. The summed E-state index contributed by atoms with van der Waals surface area (Å²) in [5.74, 6) is -2.10. The van der Waals surface area contributed by atoms with Gasteiger partial charge >= 0.3 is 39.5 Å². The molecule has 0 aliphatic carbocycles. The molecule has 0 amide bonds. The maximum Gasteiger partial charge on any atom is 0.472 e. The second-order valence-corrected chi connectivity index (χ2v) is 34.5. The van der Waals surface area contributed by atoms with Gasteiger partial charge in [0.05, 0.1) is 26.4 Å². The maximum atomic E-state index is 13.2. The number of unbranched alkanes of at least 4 members (excludes halogenated alkanes) is 63. The van der Waals surface area contributed by atoms with Crippen molar-refractivity contribution in [3.05, 3.63) is 0 Å². The van der Waals surface area contributed by atoms with Gasteiger partial charge in [0.2, 0.25) is 0 Å². The molecule has 0 heterocycles. The van der Waals surface area contributed by atoms with E-state index in [4.69, 9.17) is 37.0 Å². The third-order valence-electron chi connectivity index (χ3n) is 20.9. The van der Waals surface area contributed by atoms with Crippen molar-refractivity contribution in [3.8, 4) is 0 Å². The number of phosphoric ester groups is 2. The zero-order valence-corrected chi connectivity index (χ0v) is 71.9. The smallest absolute Gasteiger partial charge is 0.462 e. The third kappa shape index (κ3) is 81.9. The Hall–Kier alpha value is -1.94. The second kappa shape index (κ2) is 82.1. The molecule has 0 radical (unpaired) electrons. The molecule has 636 valence electrons. The molecule has 3 N–H and O–H groups in total. The number of aliphatic hydroxyl groups excluding tert-OH is 1. The number of hydrogen-bond donors (Lipinski definition) is 3. The molecule has 17 nitrogen and oxygen atoms in total. The average molecular weight is 1560 g/mol. The van der Waals surface area contributed by atoms with E-state index in [2.05, 4.69) is 27.7 Å². The van der Waals surface area contributed by atoms with Crippen molar-refractivity contribution in [3.63, 3.8) is 0 Å². The van der Waals surface area contributed by atoms with E-state index in [1.807, 2.05) is 0 Å². The van der Waals surface area contributed by atoms with Crippen LogP contribution in [0.25, 0.3) is 0 Å². The van der Waals surface area contributed by atoms with Crippen LogP contribution in [-0.4, -0.2) is 96.7 Å². The van der Waals surface area contributed by atoms with Gasteiger partial charge in [0, 0.05) is 25.7 Å². The fraction of sp³-hybridized carbons (Fsp3) is 0.955. The van der Waals surface area contributed by atoms with Crippen LogP contribution < -0.4 is 0 Å². The second-order valence-electron chi connectivity index (χ2n) is 31.6. The van der Waals surface area contributed by atoms with Gasteiger partial charge in [-0.3, -0.25) is 37.3 Å². The van der Waals surface area contributed by atoms with Gasteiger partial charge in [-0.25, -0.2) is 9.13 Å². The largest absolute Gasteiger partial charge is 0.472 e. The van der Waals surface area contributed by atoms with Crippen LogP contribution in [0.5, 0.6) is 0 Å². The summed E-state index contributed by atoms with van der Waals surface area (Å²) in [7, 11) is -9.93. The number of ether oxygens (including phenoxy) is 4. The molecule has 0 fully saturated rings. The lowest BCUT2D eigenvalue weighted by Crippen LogP contribution is -2.30. The first-order chi connectivity index (χ1) is 52.2. The van der Waals surface area contributed by atoms with Crippen LogP contribution in [-0.2, 0) is 65.4 Å². The van der Waals surface area contributed by atoms with Gasteiger partial charge in [-0.1, -0.05) is 432 Å². The van der Waals surface area contributed by atoms with Gasteiger partial charge in [-0.2, -0.15) is 0 Å². The van der Waals surface area contributed by atoms with E-state index in [0.29, 0.717) is 25.7 Å². The van der Waals surface area contributed by atoms with Crippen molar-refractivity contribution < 1.29 is 80.2 Å². The van der Waals surface area contributed by atoms with Crippen LogP contribution in [0.1, 0.15) is 484 Å². The average Bonchev–Trinajstić information content (AvgIpc) is 0.901. The van der Waals surface area contributed by atoms with Crippen molar-refractivity contribution >= 4 is 39.5 Å². The highest BCUT2D eigenvalue weighted by molar-refractivity contribution is 7.47. The summed E-state index contributed by atoms with van der Waals surface area (Å²) in [5, 5.41) is 10.7. The molecule has 0 aliphatic heterocycles. The van der Waals surface area contributed by atoms with E-state index in [0.717, 1.165) is 89.9 Å². The number of aliphatic hydroxyl groups is 1. The molecular formula is C88H172O17P2. The van der Waals surface area contributed by atoms with Gasteiger partial charge in [-0.05, 0) is 25.7 Å². The summed E-state index contributed by atoms with van der Waals surface area (Å²) in [6.07, 6.45) is 77.9. The first kappa shape index (κ1) is 105. The highest BCUT2D eigenvalue weighted by Gasteiger charge is 2.30. The topological polar surface area (TPSA) is 237 Å². The van der Waals surface area contributed by atoms with E-state index in [1.54, 1.807) is 0 Å². The molecule has 0 bridgehead atoms. The molecule has 0 saturated carbocycles. The minimum Gasteiger partial charge on any atom is -0.462 e. The van der Waals surface area contributed by atoms with E-state index in [-0.39, 0.29) is 25.7 Å². The molecule has 107 heavy (non-hydrogen) atoms. The highest BCUT2D eigenvalue weighted by atomic mass is 31.2. The Balaban J connectivity index is 5.20. The highest BCUT2D eigenvalue weighted by Crippen LogP contribution is 2.45. The van der Waals surface area contributed by atoms with Gasteiger partial charge in [0.25, 0.3) is 0 Å². The molecule has 0 saturated heterocycles. The number of carbonyl (C=O) groups excluding carboxylic acids is 4. The van der Waals surface area contributed by atoms with Gasteiger partial charge in [0.15, 0.2) is 12.2 Å². The SMILES string of the molecule is CCCCCCCCCCCCCCCCCCCCCCCCC(=O)O[C@H](COC(=O)CCCCCCCCCCCCCCCCCCCCCCC)COP(=O)(O)OC[C@@H](O)COP(=O)(O)OC[C@@H](COC(=O)CCCCCCCCCCCCC)OC(=O)CCCCCCCCCCCCCCC. The summed E-state index contributed by atoms with van der Waals surface area (Å²) < 4.78 is 68.9.